The standard InChI is InChI=1S/C15H32O5SSi/c1-5-9-10-12-15(16)20-21-13-11-14-22(17-6-2,18-7-3)19-8-4/h5-14H2,1-4H3. The Balaban J connectivity index is 3.94. The van der Waals surface area contributed by atoms with Gasteiger partial charge in [0.2, 0.25) is 0 Å². The molecule has 0 aliphatic carbocycles. The van der Waals surface area contributed by atoms with E-state index in [0.29, 0.717) is 26.2 Å². The molecular formula is C15H32O5SSi. The molecule has 0 spiro atoms. The first-order chi connectivity index (χ1) is 10.6. The minimum absolute atomic E-state index is 0.124. The Kier molecular flexibility index (Phi) is 14.5. The average Bonchev–Trinajstić information content (AvgIpc) is 2.48. The maximum atomic E-state index is 11.5. The van der Waals surface area contributed by atoms with E-state index in [2.05, 4.69) is 6.92 Å². The van der Waals surface area contributed by atoms with Gasteiger partial charge in [-0.05, 0) is 33.6 Å². The molecule has 0 aliphatic rings. The number of unbranched alkanes of at least 4 members (excludes halogenated alkanes) is 2. The van der Waals surface area contributed by atoms with Crippen molar-refractivity contribution in [1.29, 1.82) is 0 Å². The van der Waals surface area contributed by atoms with Crippen LogP contribution in [0.3, 0.4) is 0 Å². The van der Waals surface area contributed by atoms with Crippen molar-refractivity contribution in [2.24, 2.45) is 0 Å². The van der Waals surface area contributed by atoms with E-state index in [1.54, 1.807) is 0 Å². The Hall–Kier alpha value is -0.0831. The van der Waals surface area contributed by atoms with Crippen LogP contribution >= 0.6 is 12.0 Å². The first-order valence-electron chi connectivity index (χ1n) is 8.38. The zero-order chi connectivity index (χ0) is 16.7. The molecule has 0 aromatic carbocycles. The summed E-state index contributed by atoms with van der Waals surface area (Å²) in [5.74, 6) is 0.614. The molecule has 0 saturated heterocycles. The van der Waals surface area contributed by atoms with E-state index in [0.717, 1.165) is 37.5 Å². The van der Waals surface area contributed by atoms with Crippen LogP contribution in [-0.2, 0) is 22.3 Å². The smallest absolute Gasteiger partial charge is 0.391 e. The van der Waals surface area contributed by atoms with Crippen molar-refractivity contribution < 1.29 is 22.3 Å². The molecule has 0 heterocycles. The van der Waals surface area contributed by atoms with Gasteiger partial charge in [0.1, 0.15) is 0 Å². The van der Waals surface area contributed by atoms with Crippen molar-refractivity contribution in [2.75, 3.05) is 25.6 Å². The predicted molar refractivity (Wildman–Crippen MR) is 92.7 cm³/mol. The number of carbonyl (C=O) groups is 1. The number of hydrogen-bond donors (Lipinski definition) is 0. The zero-order valence-electron chi connectivity index (χ0n) is 14.5. The van der Waals surface area contributed by atoms with Crippen molar-refractivity contribution in [3.8, 4) is 0 Å². The molecule has 0 N–H and O–H groups in total. The Labute approximate surface area is 141 Å². The third-order valence-corrected chi connectivity index (χ3v) is 6.85. The normalized spacial score (nSPS) is 11.6. The Morgan fingerprint density at radius 2 is 1.50 bits per heavy atom. The minimum atomic E-state index is -2.55. The molecule has 0 rings (SSSR count). The molecule has 22 heavy (non-hydrogen) atoms. The lowest BCUT2D eigenvalue weighted by atomic mass is 10.2. The Morgan fingerprint density at radius 1 is 0.909 bits per heavy atom. The SMILES string of the molecule is CCCCCC(=O)OSCCC[Si](OCC)(OCC)OCC. The third kappa shape index (κ3) is 10.6. The molecule has 7 heteroatoms. The largest absolute Gasteiger partial charge is 0.500 e. The molecule has 0 saturated carbocycles. The summed E-state index contributed by atoms with van der Waals surface area (Å²) in [6.45, 7) is 9.74. The highest BCUT2D eigenvalue weighted by atomic mass is 32.2. The first-order valence-corrected chi connectivity index (χ1v) is 11.2. The molecule has 0 bridgehead atoms. The van der Waals surface area contributed by atoms with Gasteiger partial charge >= 0.3 is 14.8 Å². The molecule has 132 valence electrons. The lowest BCUT2D eigenvalue weighted by Gasteiger charge is -2.28. The highest BCUT2D eigenvalue weighted by molar-refractivity contribution is 7.95. The van der Waals surface area contributed by atoms with E-state index in [9.17, 15) is 4.79 Å². The molecule has 0 atom stereocenters. The van der Waals surface area contributed by atoms with Gasteiger partial charge in [0.25, 0.3) is 0 Å². The van der Waals surface area contributed by atoms with Crippen LogP contribution < -0.4 is 0 Å². The Morgan fingerprint density at radius 3 is 2.00 bits per heavy atom. The molecular weight excluding hydrogens is 320 g/mol. The van der Waals surface area contributed by atoms with Crippen LogP contribution in [0, 0.1) is 0 Å². The Bertz CT molecular complexity index is 262. The van der Waals surface area contributed by atoms with E-state index in [4.69, 9.17) is 17.5 Å². The van der Waals surface area contributed by atoms with Gasteiger partial charge in [-0.15, -0.1) is 0 Å². The number of rotatable bonds is 15. The fourth-order valence-electron chi connectivity index (χ4n) is 2.02. The van der Waals surface area contributed by atoms with Crippen LogP contribution in [0.25, 0.3) is 0 Å². The molecule has 0 aliphatic heterocycles. The molecule has 0 aromatic rings. The quantitative estimate of drug-likeness (QED) is 0.250. The van der Waals surface area contributed by atoms with Crippen LogP contribution in [0.2, 0.25) is 6.04 Å². The second kappa shape index (κ2) is 14.5. The zero-order valence-corrected chi connectivity index (χ0v) is 16.3. The number of carbonyl (C=O) groups excluding carboxylic acids is 1. The van der Waals surface area contributed by atoms with E-state index >= 15 is 0 Å². The van der Waals surface area contributed by atoms with Crippen molar-refractivity contribution >= 4 is 26.8 Å². The summed E-state index contributed by atoms with van der Waals surface area (Å²) >= 11 is 1.22. The van der Waals surface area contributed by atoms with E-state index in [1.807, 2.05) is 20.8 Å². The number of hydrogen-bond acceptors (Lipinski definition) is 6. The second-order valence-corrected chi connectivity index (χ2v) is 8.36. The average molecular weight is 353 g/mol. The van der Waals surface area contributed by atoms with Crippen molar-refractivity contribution in [1.82, 2.24) is 0 Å². The fourth-order valence-corrected chi connectivity index (χ4v) is 5.45. The molecule has 0 amide bonds. The molecule has 0 aromatic heterocycles. The van der Waals surface area contributed by atoms with Crippen molar-refractivity contribution in [2.45, 2.75) is 65.8 Å². The highest BCUT2D eigenvalue weighted by Gasteiger charge is 2.39. The summed E-state index contributed by atoms with van der Waals surface area (Å²) < 4.78 is 22.5. The molecule has 0 fully saturated rings. The van der Waals surface area contributed by atoms with Gasteiger partial charge in [0, 0.05) is 38.0 Å². The van der Waals surface area contributed by atoms with E-state index in [1.165, 1.54) is 12.0 Å². The maximum absolute atomic E-state index is 11.5. The summed E-state index contributed by atoms with van der Waals surface area (Å²) in [7, 11) is -2.55. The van der Waals surface area contributed by atoms with Crippen LogP contribution in [0.1, 0.15) is 59.8 Å². The molecule has 0 radical (unpaired) electrons. The third-order valence-electron chi connectivity index (χ3n) is 2.94. The van der Waals surface area contributed by atoms with Gasteiger partial charge in [0.05, 0.1) is 12.0 Å². The summed E-state index contributed by atoms with van der Waals surface area (Å²) in [4.78, 5) is 11.5. The van der Waals surface area contributed by atoms with Crippen molar-refractivity contribution in [3.05, 3.63) is 0 Å². The van der Waals surface area contributed by atoms with Gasteiger partial charge < -0.3 is 17.5 Å². The van der Waals surface area contributed by atoms with Crippen LogP contribution in [0.5, 0.6) is 0 Å². The summed E-state index contributed by atoms with van der Waals surface area (Å²) in [6, 6.07) is 0.753. The van der Waals surface area contributed by atoms with Crippen LogP contribution in [-0.4, -0.2) is 40.3 Å². The minimum Gasteiger partial charge on any atom is -0.391 e. The van der Waals surface area contributed by atoms with Gasteiger partial charge in [0.15, 0.2) is 0 Å². The second-order valence-electron chi connectivity index (χ2n) is 4.82. The van der Waals surface area contributed by atoms with Crippen LogP contribution in [0.15, 0.2) is 0 Å². The molecule has 0 unspecified atom stereocenters. The van der Waals surface area contributed by atoms with Gasteiger partial charge in [-0.3, -0.25) is 4.79 Å². The van der Waals surface area contributed by atoms with Crippen LogP contribution in [0.4, 0.5) is 0 Å². The summed E-state index contributed by atoms with van der Waals surface area (Å²) in [5, 5.41) is 0. The van der Waals surface area contributed by atoms with Gasteiger partial charge in [-0.25, -0.2) is 0 Å². The lowest BCUT2D eigenvalue weighted by Crippen LogP contribution is -2.46. The van der Waals surface area contributed by atoms with E-state index < -0.39 is 8.80 Å². The van der Waals surface area contributed by atoms with E-state index in [-0.39, 0.29) is 5.97 Å². The monoisotopic (exact) mass is 352 g/mol. The highest BCUT2D eigenvalue weighted by Crippen LogP contribution is 2.20. The molecule has 5 nitrogen and oxygen atoms in total. The predicted octanol–water partition coefficient (Wildman–Crippen LogP) is 4.20. The van der Waals surface area contributed by atoms with Crippen molar-refractivity contribution in [3.63, 3.8) is 0 Å². The van der Waals surface area contributed by atoms with Gasteiger partial charge in [-0.2, -0.15) is 0 Å². The first kappa shape index (κ1) is 21.9. The fraction of sp³-hybridized carbons (Fsp3) is 0.933. The summed E-state index contributed by atoms with van der Waals surface area (Å²) in [6.07, 6.45) is 4.45. The lowest BCUT2D eigenvalue weighted by molar-refractivity contribution is -0.133. The topological polar surface area (TPSA) is 54.0 Å². The maximum Gasteiger partial charge on any atom is 0.500 e. The van der Waals surface area contributed by atoms with Gasteiger partial charge in [-0.1, -0.05) is 19.8 Å². The summed E-state index contributed by atoms with van der Waals surface area (Å²) in [5.41, 5.74) is 0.